The molecule has 1 aromatic rings. The van der Waals surface area contributed by atoms with Crippen molar-refractivity contribution in [3.8, 4) is 0 Å². The molecule has 0 saturated heterocycles. The topological polar surface area (TPSA) is 49.2 Å². The third-order valence-corrected chi connectivity index (χ3v) is 1.73. The van der Waals surface area contributed by atoms with E-state index in [1.165, 1.54) is 0 Å². The minimum atomic E-state index is 0.528. The first-order chi connectivity index (χ1) is 6.74. The van der Waals surface area contributed by atoms with Gasteiger partial charge < -0.3 is 9.73 Å². The summed E-state index contributed by atoms with van der Waals surface area (Å²) in [6, 6.07) is 3.61. The van der Waals surface area contributed by atoms with Crippen LogP contribution in [0.3, 0.4) is 0 Å². The Bertz CT molecular complexity index is 308. The van der Waals surface area contributed by atoms with Crippen molar-refractivity contribution in [1.29, 1.82) is 0 Å². The minimum absolute atomic E-state index is 0.528. The molecule has 3 N–H and O–H groups in total. The fourth-order valence-electron chi connectivity index (χ4n) is 0.849. The van der Waals surface area contributed by atoms with E-state index in [0.29, 0.717) is 16.6 Å². The molecule has 0 saturated carbocycles. The van der Waals surface area contributed by atoms with E-state index < -0.39 is 0 Å². The minimum Gasteiger partial charge on any atom is -0.463 e. The number of hydrogen-bond acceptors (Lipinski definition) is 3. The maximum Gasteiger partial charge on any atom is 0.185 e. The number of thiocarbonyl (C=S) groups is 1. The van der Waals surface area contributed by atoms with Crippen LogP contribution in [-0.2, 0) is 0 Å². The summed E-state index contributed by atoms with van der Waals surface area (Å²) in [5.41, 5.74) is 6.24. The highest BCUT2D eigenvalue weighted by molar-refractivity contribution is 7.80. The second kappa shape index (κ2) is 5.29. The van der Waals surface area contributed by atoms with Crippen molar-refractivity contribution in [3.63, 3.8) is 0 Å². The van der Waals surface area contributed by atoms with Gasteiger partial charge in [-0.2, -0.15) is 0 Å². The quantitative estimate of drug-likeness (QED) is 0.517. The second-order valence-electron chi connectivity index (χ2n) is 2.57. The smallest absolute Gasteiger partial charge is 0.185 e. The molecule has 0 aromatic carbocycles. The van der Waals surface area contributed by atoms with Gasteiger partial charge >= 0.3 is 0 Å². The van der Waals surface area contributed by atoms with Gasteiger partial charge in [0, 0.05) is 6.54 Å². The van der Waals surface area contributed by atoms with Crippen LogP contribution >= 0.6 is 12.2 Å². The number of nitrogens with one attached hydrogen (secondary N) is 3. The average molecular weight is 211 g/mol. The molecule has 5 heteroatoms. The molecule has 0 aliphatic heterocycles. The van der Waals surface area contributed by atoms with E-state index in [0.717, 1.165) is 6.54 Å². The highest BCUT2D eigenvalue weighted by Gasteiger charge is 2.00. The van der Waals surface area contributed by atoms with Crippen molar-refractivity contribution < 1.29 is 4.42 Å². The van der Waals surface area contributed by atoms with Gasteiger partial charge in [-0.15, -0.1) is 0 Å². The Kier molecular flexibility index (Phi) is 4.00. The zero-order valence-electron chi connectivity index (χ0n) is 7.96. The van der Waals surface area contributed by atoms with Crippen LogP contribution in [0.4, 0.5) is 0 Å². The molecule has 1 aromatic heterocycles. The predicted octanol–water partition coefficient (Wildman–Crippen LogP) is 1.24. The molecule has 0 aliphatic carbocycles. The molecule has 76 valence electrons. The van der Waals surface area contributed by atoms with E-state index in [-0.39, 0.29) is 0 Å². The third kappa shape index (κ3) is 3.10. The molecule has 4 nitrogen and oxygen atoms in total. The first kappa shape index (κ1) is 10.6. The van der Waals surface area contributed by atoms with E-state index >= 15 is 0 Å². The monoisotopic (exact) mass is 211 g/mol. The largest absolute Gasteiger partial charge is 0.463 e. The zero-order chi connectivity index (χ0) is 10.4. The summed E-state index contributed by atoms with van der Waals surface area (Å²) >= 11 is 4.94. The fraction of sp³-hybridized carbons (Fsp3) is 0.222. The molecule has 0 amide bonds. The zero-order valence-corrected chi connectivity index (χ0v) is 8.78. The van der Waals surface area contributed by atoms with E-state index in [1.807, 2.05) is 13.0 Å². The van der Waals surface area contributed by atoms with Gasteiger partial charge in [-0.1, -0.05) is 6.58 Å². The molecule has 0 unspecified atom stereocenters. The van der Waals surface area contributed by atoms with Crippen molar-refractivity contribution in [3.05, 3.63) is 30.7 Å². The number of furan rings is 1. The number of hydrogen-bond donors (Lipinski definition) is 3. The normalized spacial score (nSPS) is 9.21. The van der Waals surface area contributed by atoms with Crippen LogP contribution in [0.5, 0.6) is 0 Å². The van der Waals surface area contributed by atoms with E-state index in [1.54, 1.807) is 12.3 Å². The third-order valence-electron chi connectivity index (χ3n) is 1.48. The molecule has 0 fully saturated rings. The molecule has 0 spiro atoms. The maximum atomic E-state index is 5.12. The lowest BCUT2D eigenvalue weighted by Gasteiger charge is -2.11. The van der Waals surface area contributed by atoms with Gasteiger partial charge in [0.15, 0.2) is 10.9 Å². The van der Waals surface area contributed by atoms with Crippen LogP contribution in [0, 0.1) is 0 Å². The number of rotatable bonds is 4. The Morgan fingerprint density at radius 2 is 2.36 bits per heavy atom. The second-order valence-corrected chi connectivity index (χ2v) is 2.97. The molecule has 1 rings (SSSR count). The number of hydrazine groups is 1. The van der Waals surface area contributed by atoms with E-state index in [9.17, 15) is 0 Å². The fourth-order valence-corrected chi connectivity index (χ4v) is 1.04. The molecule has 0 atom stereocenters. The Hall–Kier alpha value is -1.49. The van der Waals surface area contributed by atoms with Crippen molar-refractivity contribution >= 4 is 23.0 Å². The van der Waals surface area contributed by atoms with E-state index in [4.69, 9.17) is 16.6 Å². The van der Waals surface area contributed by atoms with Crippen molar-refractivity contribution in [1.82, 2.24) is 16.2 Å². The standard InChI is InChI=1S/C9H13N3OS/c1-3-10-9(14)12-11-7(2)8-5-4-6-13-8/h4-6,11H,2-3H2,1H3,(H2,10,12,14). The lowest BCUT2D eigenvalue weighted by Crippen LogP contribution is -2.42. The van der Waals surface area contributed by atoms with Crippen LogP contribution in [0.2, 0.25) is 0 Å². The van der Waals surface area contributed by atoms with Gasteiger partial charge in [-0.05, 0) is 31.3 Å². The first-order valence-corrected chi connectivity index (χ1v) is 4.67. The molecule has 1 heterocycles. The Labute approximate surface area is 88.3 Å². The van der Waals surface area contributed by atoms with Gasteiger partial charge in [0.05, 0.1) is 12.0 Å². The summed E-state index contributed by atoms with van der Waals surface area (Å²) in [5.74, 6) is 0.678. The Morgan fingerprint density at radius 1 is 1.57 bits per heavy atom. The highest BCUT2D eigenvalue weighted by atomic mass is 32.1. The van der Waals surface area contributed by atoms with Crippen LogP contribution in [-0.4, -0.2) is 11.7 Å². The summed E-state index contributed by atoms with van der Waals surface area (Å²) in [5, 5.41) is 3.46. The van der Waals surface area contributed by atoms with Gasteiger partial charge in [-0.3, -0.25) is 10.9 Å². The summed E-state index contributed by atoms with van der Waals surface area (Å²) in [4.78, 5) is 0. The Morgan fingerprint density at radius 3 is 2.93 bits per heavy atom. The van der Waals surface area contributed by atoms with Crippen molar-refractivity contribution in [2.75, 3.05) is 6.54 Å². The average Bonchev–Trinajstić information content (AvgIpc) is 2.67. The van der Waals surface area contributed by atoms with E-state index in [2.05, 4.69) is 22.7 Å². The maximum absolute atomic E-state index is 5.12. The Balaban J connectivity index is 2.32. The van der Waals surface area contributed by atoms with Gasteiger partial charge in [0.2, 0.25) is 0 Å². The first-order valence-electron chi connectivity index (χ1n) is 4.26. The van der Waals surface area contributed by atoms with Crippen LogP contribution in [0.15, 0.2) is 29.4 Å². The SMILES string of the molecule is C=C(NNC(=S)NCC)c1ccco1. The molecular formula is C9H13N3OS. The lowest BCUT2D eigenvalue weighted by molar-refractivity contribution is 0.545. The van der Waals surface area contributed by atoms with Crippen LogP contribution in [0.25, 0.3) is 5.70 Å². The van der Waals surface area contributed by atoms with Crippen molar-refractivity contribution in [2.45, 2.75) is 6.92 Å². The van der Waals surface area contributed by atoms with Crippen LogP contribution in [0.1, 0.15) is 12.7 Å². The lowest BCUT2D eigenvalue weighted by atomic mass is 10.4. The van der Waals surface area contributed by atoms with Crippen molar-refractivity contribution in [2.24, 2.45) is 0 Å². The van der Waals surface area contributed by atoms with Gasteiger partial charge in [-0.25, -0.2) is 0 Å². The van der Waals surface area contributed by atoms with Gasteiger partial charge in [0.1, 0.15) is 0 Å². The summed E-state index contributed by atoms with van der Waals surface area (Å²) < 4.78 is 5.12. The van der Waals surface area contributed by atoms with Gasteiger partial charge in [0.25, 0.3) is 0 Å². The van der Waals surface area contributed by atoms with Crippen LogP contribution < -0.4 is 16.2 Å². The predicted molar refractivity (Wildman–Crippen MR) is 60.3 cm³/mol. The molecule has 0 radical (unpaired) electrons. The summed E-state index contributed by atoms with van der Waals surface area (Å²) in [7, 11) is 0. The molecule has 14 heavy (non-hydrogen) atoms. The summed E-state index contributed by atoms with van der Waals surface area (Å²) in [6.45, 7) is 6.52. The molecule has 0 aliphatic rings. The molecule has 0 bridgehead atoms. The molecular weight excluding hydrogens is 198 g/mol. The summed E-state index contributed by atoms with van der Waals surface area (Å²) in [6.07, 6.45) is 1.59. The highest BCUT2D eigenvalue weighted by Crippen LogP contribution is 2.07.